The van der Waals surface area contributed by atoms with Crippen LogP contribution in [0, 0.1) is 0 Å². The van der Waals surface area contributed by atoms with Crippen LogP contribution in [0.25, 0.3) is 0 Å². The number of nitrogens with zero attached hydrogens (tertiary/aromatic N) is 1. The molecular weight excluding hydrogens is 217 g/mol. The van der Waals surface area contributed by atoms with Crippen molar-refractivity contribution in [2.75, 3.05) is 13.1 Å². The van der Waals surface area contributed by atoms with Gasteiger partial charge in [0, 0.05) is 18.1 Å². The van der Waals surface area contributed by atoms with Gasteiger partial charge in [-0.25, -0.2) is 0 Å². The van der Waals surface area contributed by atoms with E-state index >= 15 is 0 Å². The molecule has 2 aliphatic heterocycles. The Morgan fingerprint density at radius 2 is 1.75 bits per heavy atom. The minimum Gasteiger partial charge on any atom is -0.311 e. The molecule has 2 heterocycles. The van der Waals surface area contributed by atoms with Gasteiger partial charge in [-0.05, 0) is 32.2 Å². The Labute approximate surface area is 94.2 Å². The molecule has 2 aliphatic rings. The molecule has 2 nitrogen and oxygen atoms in total. The van der Waals surface area contributed by atoms with E-state index in [4.69, 9.17) is 0 Å². The Balaban J connectivity index is 1.94. The van der Waals surface area contributed by atoms with Crippen LogP contribution >= 0.6 is 0 Å². The van der Waals surface area contributed by atoms with Crippen LogP contribution in [0.2, 0.25) is 0 Å². The zero-order valence-electron chi connectivity index (χ0n) is 9.56. The third kappa shape index (κ3) is 2.88. The summed E-state index contributed by atoms with van der Waals surface area (Å²) in [7, 11) is 0. The van der Waals surface area contributed by atoms with E-state index in [2.05, 4.69) is 5.32 Å². The average Bonchev–Trinajstić information content (AvgIpc) is 2.53. The van der Waals surface area contributed by atoms with Crippen LogP contribution in [0.1, 0.15) is 32.6 Å². The van der Waals surface area contributed by atoms with E-state index in [0.717, 1.165) is 25.7 Å². The lowest BCUT2D eigenvalue weighted by Crippen LogP contribution is -2.50. The third-order valence-electron chi connectivity index (χ3n) is 3.75. The summed E-state index contributed by atoms with van der Waals surface area (Å²) in [5.74, 6) is 0. The van der Waals surface area contributed by atoms with Gasteiger partial charge < -0.3 is 5.32 Å². The van der Waals surface area contributed by atoms with Gasteiger partial charge in [0.05, 0.1) is 6.54 Å². The largest absolute Gasteiger partial charge is 0.401 e. The quantitative estimate of drug-likeness (QED) is 0.807. The van der Waals surface area contributed by atoms with Gasteiger partial charge in [0.2, 0.25) is 0 Å². The monoisotopic (exact) mass is 236 g/mol. The van der Waals surface area contributed by atoms with E-state index in [1.807, 2.05) is 6.92 Å². The van der Waals surface area contributed by atoms with Gasteiger partial charge in [0.1, 0.15) is 0 Å². The minimum absolute atomic E-state index is 0.116. The Morgan fingerprint density at radius 1 is 1.19 bits per heavy atom. The maximum absolute atomic E-state index is 12.4. The third-order valence-corrected chi connectivity index (χ3v) is 3.75. The summed E-state index contributed by atoms with van der Waals surface area (Å²) in [6.07, 6.45) is -0.0593. The summed E-state index contributed by atoms with van der Waals surface area (Å²) in [6.45, 7) is 1.55. The maximum atomic E-state index is 12.4. The van der Waals surface area contributed by atoms with Crippen LogP contribution in [0.5, 0.6) is 0 Å². The summed E-state index contributed by atoms with van der Waals surface area (Å²) in [5, 5.41) is 3.45. The molecule has 2 saturated heterocycles. The van der Waals surface area contributed by atoms with E-state index in [-0.39, 0.29) is 6.04 Å². The molecule has 2 bridgehead atoms. The van der Waals surface area contributed by atoms with Crippen molar-refractivity contribution >= 4 is 0 Å². The Bertz CT molecular complexity index is 230. The molecule has 94 valence electrons. The molecule has 0 spiro atoms. The fraction of sp³-hybridized carbons (Fsp3) is 1.00. The first-order valence-electron chi connectivity index (χ1n) is 6.05. The predicted molar refractivity (Wildman–Crippen MR) is 56.3 cm³/mol. The second-order valence-electron chi connectivity index (χ2n) is 4.94. The molecule has 0 aliphatic carbocycles. The van der Waals surface area contributed by atoms with E-state index in [1.165, 1.54) is 0 Å². The number of fused-ring (bicyclic) bond motifs is 2. The van der Waals surface area contributed by atoms with Gasteiger partial charge in [-0.1, -0.05) is 6.92 Å². The SMILES string of the molecule is CCN(CC(F)(F)F)C1CC2CCC(C1)N2. The van der Waals surface area contributed by atoms with E-state index in [1.54, 1.807) is 4.90 Å². The fourth-order valence-corrected chi connectivity index (χ4v) is 3.05. The number of piperidine rings is 1. The van der Waals surface area contributed by atoms with Crippen molar-refractivity contribution in [3.05, 3.63) is 0 Å². The van der Waals surface area contributed by atoms with Gasteiger partial charge in [0.15, 0.2) is 0 Å². The Morgan fingerprint density at radius 3 is 2.19 bits per heavy atom. The molecule has 0 aromatic carbocycles. The van der Waals surface area contributed by atoms with Gasteiger partial charge in [-0.2, -0.15) is 13.2 Å². The highest BCUT2D eigenvalue weighted by atomic mass is 19.4. The molecule has 2 unspecified atom stereocenters. The average molecular weight is 236 g/mol. The van der Waals surface area contributed by atoms with Crippen molar-refractivity contribution in [3.63, 3.8) is 0 Å². The second-order valence-corrected chi connectivity index (χ2v) is 4.94. The van der Waals surface area contributed by atoms with Crippen molar-refractivity contribution in [2.45, 2.75) is 56.9 Å². The highest BCUT2D eigenvalue weighted by molar-refractivity contribution is 4.95. The van der Waals surface area contributed by atoms with E-state index in [0.29, 0.717) is 18.6 Å². The first-order chi connectivity index (χ1) is 7.48. The van der Waals surface area contributed by atoms with Gasteiger partial charge in [0.25, 0.3) is 0 Å². The normalized spacial score (nSPS) is 34.7. The molecule has 2 rings (SSSR count). The summed E-state index contributed by atoms with van der Waals surface area (Å²) in [6, 6.07) is 1.02. The molecule has 2 atom stereocenters. The molecule has 2 fully saturated rings. The van der Waals surface area contributed by atoms with Crippen molar-refractivity contribution < 1.29 is 13.2 Å². The standard InChI is InChI=1S/C11H19F3N2/c1-2-16(7-11(12,13)14)10-5-8-3-4-9(6-10)15-8/h8-10,15H,2-7H2,1H3. The highest BCUT2D eigenvalue weighted by Gasteiger charge is 2.39. The van der Waals surface area contributed by atoms with E-state index < -0.39 is 12.7 Å². The smallest absolute Gasteiger partial charge is 0.311 e. The number of nitrogens with one attached hydrogen (secondary N) is 1. The lowest BCUT2D eigenvalue weighted by molar-refractivity contribution is -0.152. The molecule has 5 heteroatoms. The topological polar surface area (TPSA) is 15.3 Å². The molecule has 0 aromatic rings. The van der Waals surface area contributed by atoms with Crippen LogP contribution in [0.15, 0.2) is 0 Å². The minimum atomic E-state index is -4.07. The maximum Gasteiger partial charge on any atom is 0.401 e. The highest BCUT2D eigenvalue weighted by Crippen LogP contribution is 2.31. The van der Waals surface area contributed by atoms with Crippen LogP contribution in [-0.4, -0.2) is 42.3 Å². The Hall–Kier alpha value is -0.290. The van der Waals surface area contributed by atoms with Crippen LogP contribution in [0.4, 0.5) is 13.2 Å². The molecule has 0 saturated carbocycles. The summed E-state index contributed by atoms with van der Waals surface area (Å²) < 4.78 is 37.2. The van der Waals surface area contributed by atoms with Crippen LogP contribution in [0.3, 0.4) is 0 Å². The van der Waals surface area contributed by atoms with Crippen molar-refractivity contribution in [1.29, 1.82) is 0 Å². The summed E-state index contributed by atoms with van der Waals surface area (Å²) in [4.78, 5) is 1.59. The lowest BCUT2D eigenvalue weighted by Gasteiger charge is -2.37. The van der Waals surface area contributed by atoms with Gasteiger partial charge in [-0.15, -0.1) is 0 Å². The first-order valence-corrected chi connectivity index (χ1v) is 6.05. The van der Waals surface area contributed by atoms with E-state index in [9.17, 15) is 13.2 Å². The van der Waals surface area contributed by atoms with Crippen molar-refractivity contribution in [3.8, 4) is 0 Å². The van der Waals surface area contributed by atoms with Crippen molar-refractivity contribution in [1.82, 2.24) is 10.2 Å². The number of hydrogen-bond acceptors (Lipinski definition) is 2. The predicted octanol–water partition coefficient (Wildman–Crippen LogP) is 2.15. The molecule has 0 radical (unpaired) electrons. The molecular formula is C11H19F3N2. The van der Waals surface area contributed by atoms with Crippen molar-refractivity contribution in [2.24, 2.45) is 0 Å². The molecule has 1 N–H and O–H groups in total. The number of hydrogen-bond donors (Lipinski definition) is 1. The Kier molecular flexibility index (Phi) is 3.45. The number of rotatable bonds is 3. The van der Waals surface area contributed by atoms with Crippen LogP contribution in [-0.2, 0) is 0 Å². The van der Waals surface area contributed by atoms with Gasteiger partial charge in [-0.3, -0.25) is 4.90 Å². The van der Waals surface area contributed by atoms with Crippen LogP contribution < -0.4 is 5.32 Å². The zero-order chi connectivity index (χ0) is 11.8. The zero-order valence-corrected chi connectivity index (χ0v) is 9.56. The molecule has 16 heavy (non-hydrogen) atoms. The van der Waals surface area contributed by atoms with Gasteiger partial charge >= 0.3 is 6.18 Å². The molecule has 0 aromatic heterocycles. The summed E-state index contributed by atoms with van der Waals surface area (Å²) >= 11 is 0. The first kappa shape index (κ1) is 12.2. The number of alkyl halides is 3. The lowest BCUT2D eigenvalue weighted by atomic mass is 9.98. The second kappa shape index (κ2) is 4.53. The fourth-order valence-electron chi connectivity index (χ4n) is 3.05. The summed E-state index contributed by atoms with van der Waals surface area (Å²) in [5.41, 5.74) is 0. The number of halogens is 3. The molecule has 0 amide bonds.